The number of imidazole rings is 1. The Hall–Kier alpha value is -5.03. The largest absolute Gasteiger partial charge is 0.501 e. The first kappa shape index (κ1) is 32.2. The number of nitrogens with zero attached hydrogens (tertiary/aromatic N) is 3. The molecule has 6 heteroatoms. The first-order valence-corrected chi connectivity index (χ1v) is 17.0. The SMILES string of the molecule is CC(C)(C)Cc1ccnc(-c2[c-]ccc3c2oc2ccccc23)c1.[Ir].[c-]1ccc2c(oc3ccccc32)c1-c1nc2cccc3c2n1CCC3. The summed E-state index contributed by atoms with van der Waals surface area (Å²) in [5.74, 6) is 0.965. The van der Waals surface area contributed by atoms with Gasteiger partial charge in [-0.1, -0.05) is 103 Å². The number of para-hydroxylation sites is 3. The van der Waals surface area contributed by atoms with E-state index in [1.165, 1.54) is 16.6 Å². The second kappa shape index (κ2) is 12.7. The predicted molar refractivity (Wildman–Crippen MR) is 199 cm³/mol. The van der Waals surface area contributed by atoms with Crippen molar-refractivity contribution in [2.45, 2.75) is 46.6 Å². The van der Waals surface area contributed by atoms with E-state index >= 15 is 0 Å². The number of furan rings is 2. The van der Waals surface area contributed by atoms with Crippen molar-refractivity contribution in [1.82, 2.24) is 14.5 Å². The fourth-order valence-corrected chi connectivity index (χ4v) is 7.37. The summed E-state index contributed by atoms with van der Waals surface area (Å²) in [6, 6.07) is 41.8. The molecule has 0 amide bonds. The van der Waals surface area contributed by atoms with Crippen molar-refractivity contribution in [3.05, 3.63) is 133 Å². The molecular weight excluding hydrogens is 795 g/mol. The first-order valence-electron chi connectivity index (χ1n) is 17.0. The second-order valence-electron chi connectivity index (χ2n) is 14.1. The van der Waals surface area contributed by atoms with E-state index in [1.807, 2.05) is 54.7 Å². The molecule has 0 unspecified atom stereocenters. The van der Waals surface area contributed by atoms with Crippen LogP contribution in [-0.4, -0.2) is 14.5 Å². The van der Waals surface area contributed by atoms with Crippen LogP contribution in [0.3, 0.4) is 0 Å². The van der Waals surface area contributed by atoms with E-state index in [-0.39, 0.29) is 25.5 Å². The molecule has 249 valence electrons. The molecule has 10 rings (SSSR count). The normalized spacial score (nSPS) is 12.8. The van der Waals surface area contributed by atoms with Crippen LogP contribution in [0.1, 0.15) is 38.3 Å². The third-order valence-electron chi connectivity index (χ3n) is 9.39. The molecule has 5 aromatic carbocycles. The van der Waals surface area contributed by atoms with Crippen LogP contribution >= 0.6 is 0 Å². The monoisotopic (exact) mass is 830 g/mol. The van der Waals surface area contributed by atoms with Crippen LogP contribution in [0.15, 0.2) is 118 Å². The Bertz CT molecular complexity index is 2670. The van der Waals surface area contributed by atoms with Crippen LogP contribution in [0.25, 0.3) is 77.6 Å². The van der Waals surface area contributed by atoms with E-state index in [4.69, 9.17) is 13.8 Å². The Balaban J connectivity index is 0.000000142. The third kappa shape index (κ3) is 5.63. The summed E-state index contributed by atoms with van der Waals surface area (Å²) in [5.41, 5.74) is 11.6. The van der Waals surface area contributed by atoms with Gasteiger partial charge in [0.1, 0.15) is 11.2 Å². The van der Waals surface area contributed by atoms with Crippen LogP contribution < -0.4 is 0 Å². The number of fused-ring (bicyclic) bond motifs is 6. The van der Waals surface area contributed by atoms with Gasteiger partial charge in [-0.3, -0.25) is 4.98 Å². The summed E-state index contributed by atoms with van der Waals surface area (Å²) in [5, 5.41) is 4.51. The van der Waals surface area contributed by atoms with E-state index in [0.717, 1.165) is 97.8 Å². The van der Waals surface area contributed by atoms with E-state index in [1.54, 1.807) is 0 Å². The molecule has 0 bridgehead atoms. The Morgan fingerprint density at radius 2 is 1.40 bits per heavy atom. The summed E-state index contributed by atoms with van der Waals surface area (Å²) in [7, 11) is 0. The molecule has 0 atom stereocenters. The average molecular weight is 830 g/mol. The van der Waals surface area contributed by atoms with Crippen molar-refractivity contribution in [2.24, 2.45) is 5.41 Å². The van der Waals surface area contributed by atoms with Gasteiger partial charge in [0.25, 0.3) is 0 Å². The number of pyridine rings is 1. The summed E-state index contributed by atoms with van der Waals surface area (Å²) in [4.78, 5) is 9.52. The Morgan fingerprint density at radius 1 is 0.740 bits per heavy atom. The molecule has 50 heavy (non-hydrogen) atoms. The van der Waals surface area contributed by atoms with Gasteiger partial charge in [0, 0.05) is 43.6 Å². The minimum absolute atomic E-state index is 0. The number of aryl methyl sites for hydroxylation is 2. The summed E-state index contributed by atoms with van der Waals surface area (Å²) < 4.78 is 14.6. The van der Waals surface area contributed by atoms with Gasteiger partial charge in [-0.15, -0.1) is 36.4 Å². The van der Waals surface area contributed by atoms with Gasteiger partial charge in [0.15, 0.2) is 0 Å². The van der Waals surface area contributed by atoms with Gasteiger partial charge >= 0.3 is 0 Å². The maximum atomic E-state index is 6.20. The van der Waals surface area contributed by atoms with E-state index in [2.05, 4.69) is 97.1 Å². The van der Waals surface area contributed by atoms with Crippen LogP contribution in [0.2, 0.25) is 0 Å². The molecule has 5 heterocycles. The van der Waals surface area contributed by atoms with Gasteiger partial charge < -0.3 is 18.4 Å². The Labute approximate surface area is 304 Å². The first-order chi connectivity index (χ1) is 23.9. The molecule has 5 nitrogen and oxygen atoms in total. The van der Waals surface area contributed by atoms with Crippen LogP contribution in [-0.2, 0) is 39.5 Å². The molecule has 0 saturated carbocycles. The molecule has 0 fully saturated rings. The molecule has 1 aliphatic rings. The van der Waals surface area contributed by atoms with E-state index < -0.39 is 0 Å². The summed E-state index contributed by atoms with van der Waals surface area (Å²) in [6.07, 6.45) is 5.16. The van der Waals surface area contributed by atoms with Crippen LogP contribution in [0.5, 0.6) is 0 Å². The van der Waals surface area contributed by atoms with Crippen molar-refractivity contribution in [3.8, 4) is 22.6 Å². The minimum atomic E-state index is 0. The van der Waals surface area contributed by atoms with Crippen LogP contribution in [0, 0.1) is 17.5 Å². The van der Waals surface area contributed by atoms with Gasteiger partial charge in [0.2, 0.25) is 0 Å². The molecular formula is C44H35IrN3O2-2. The zero-order valence-corrected chi connectivity index (χ0v) is 30.6. The molecule has 4 aromatic heterocycles. The van der Waals surface area contributed by atoms with Gasteiger partial charge in [-0.05, 0) is 60.2 Å². The fraction of sp³-hybridized carbons (Fsp3) is 0.182. The second-order valence-corrected chi connectivity index (χ2v) is 14.1. The number of rotatable bonds is 3. The number of aromatic nitrogens is 3. The summed E-state index contributed by atoms with van der Waals surface area (Å²) in [6.45, 7) is 7.74. The standard InChI is InChI=1S/C22H15N2O.C22H20NO.Ir/c1-2-12-19-15(8-1)16-9-4-10-17(21(16)25-19)22-23-18-11-3-6-14-7-5-13-24(22)20(14)18;1-22(2,3)14-15-11-12-23-19(13-15)18-9-6-8-17-16-7-4-5-10-20(16)24-21(17)18;/h1-4,6,8-9,11-12H,5,7,13H2;4-8,10-13H,14H2,1-3H3;/q2*-1;. The average Bonchev–Trinajstić information content (AvgIpc) is 3.81. The zero-order valence-electron chi connectivity index (χ0n) is 28.2. The third-order valence-corrected chi connectivity index (χ3v) is 9.39. The van der Waals surface area contributed by atoms with E-state index in [9.17, 15) is 0 Å². The quantitative estimate of drug-likeness (QED) is 0.166. The van der Waals surface area contributed by atoms with Crippen molar-refractivity contribution in [3.63, 3.8) is 0 Å². The molecule has 9 aromatic rings. The van der Waals surface area contributed by atoms with Crippen molar-refractivity contribution in [1.29, 1.82) is 0 Å². The van der Waals surface area contributed by atoms with Gasteiger partial charge in [-0.25, -0.2) is 0 Å². The Kier molecular flexibility index (Phi) is 8.17. The maximum absolute atomic E-state index is 6.20. The smallest absolute Gasteiger partial charge is 0.120 e. The molecule has 0 aliphatic carbocycles. The van der Waals surface area contributed by atoms with E-state index in [0.29, 0.717) is 0 Å². The predicted octanol–water partition coefficient (Wildman–Crippen LogP) is 11.4. The molecule has 0 saturated heterocycles. The molecule has 0 N–H and O–H groups in total. The molecule has 1 radical (unpaired) electrons. The molecule has 1 aliphatic heterocycles. The number of hydrogen-bond acceptors (Lipinski definition) is 4. The van der Waals surface area contributed by atoms with Gasteiger partial charge in [-0.2, -0.15) is 0 Å². The minimum Gasteiger partial charge on any atom is -0.501 e. The van der Waals surface area contributed by atoms with Gasteiger partial charge in [0.05, 0.1) is 28.0 Å². The fourth-order valence-electron chi connectivity index (χ4n) is 7.37. The molecule has 0 spiro atoms. The van der Waals surface area contributed by atoms with Crippen molar-refractivity contribution < 1.29 is 28.9 Å². The number of benzene rings is 5. The number of hydrogen-bond donors (Lipinski definition) is 0. The summed E-state index contributed by atoms with van der Waals surface area (Å²) >= 11 is 0. The maximum Gasteiger partial charge on any atom is 0.120 e. The van der Waals surface area contributed by atoms with Crippen molar-refractivity contribution >= 4 is 54.9 Å². The zero-order chi connectivity index (χ0) is 33.1. The van der Waals surface area contributed by atoms with Crippen LogP contribution in [0.4, 0.5) is 0 Å². The van der Waals surface area contributed by atoms with Crippen molar-refractivity contribution in [2.75, 3.05) is 0 Å². The Morgan fingerprint density at radius 3 is 2.10 bits per heavy atom. The topological polar surface area (TPSA) is 57.0 Å².